The minimum atomic E-state index is -0.832. The zero-order valence-electron chi connectivity index (χ0n) is 11.9. The van der Waals surface area contributed by atoms with Gasteiger partial charge in [-0.3, -0.25) is 4.79 Å². The zero-order chi connectivity index (χ0) is 14.1. The number of rotatable bonds is 10. The van der Waals surface area contributed by atoms with Crippen LogP contribution in [0.15, 0.2) is 0 Å². The quantitative estimate of drug-likeness (QED) is 0.346. The summed E-state index contributed by atoms with van der Waals surface area (Å²) in [6.45, 7) is 4.57. The first-order valence-electron chi connectivity index (χ1n) is 7.11. The zero-order valence-corrected chi connectivity index (χ0v) is 11.9. The Kier molecular flexibility index (Phi) is 7.48. The molecule has 0 N–H and O–H groups in total. The van der Waals surface area contributed by atoms with Crippen LogP contribution >= 0.6 is 0 Å². The lowest BCUT2D eigenvalue weighted by Crippen LogP contribution is -2.27. The third-order valence-corrected chi connectivity index (χ3v) is 2.94. The minimum Gasteiger partial charge on any atom is -0.460 e. The van der Waals surface area contributed by atoms with Crippen LogP contribution in [0.4, 0.5) is 0 Å². The molecule has 1 aliphatic heterocycles. The monoisotopic (exact) mass is 272 g/mol. The van der Waals surface area contributed by atoms with Crippen LogP contribution in [-0.2, 0) is 23.8 Å². The van der Waals surface area contributed by atoms with Crippen LogP contribution in [0, 0.1) is 0 Å². The summed E-state index contributed by atoms with van der Waals surface area (Å²) in [6.07, 6.45) is 4.93. The molecule has 0 aliphatic carbocycles. The summed E-state index contributed by atoms with van der Waals surface area (Å²) < 4.78 is 14.9. The van der Waals surface area contributed by atoms with Gasteiger partial charge in [-0.05, 0) is 13.3 Å². The van der Waals surface area contributed by atoms with Crippen molar-refractivity contribution in [2.75, 3.05) is 13.2 Å². The van der Waals surface area contributed by atoms with Gasteiger partial charge in [-0.25, -0.2) is 4.79 Å². The van der Waals surface area contributed by atoms with Crippen LogP contribution in [-0.4, -0.2) is 37.4 Å². The first-order valence-corrected chi connectivity index (χ1v) is 7.11. The molecular weight excluding hydrogens is 248 g/mol. The Hall–Kier alpha value is -1.10. The van der Waals surface area contributed by atoms with Crippen molar-refractivity contribution in [3.05, 3.63) is 0 Å². The third kappa shape index (κ3) is 7.82. The Balaban J connectivity index is 2.03. The van der Waals surface area contributed by atoms with Crippen LogP contribution in [0.3, 0.4) is 0 Å². The Labute approximate surface area is 114 Å². The summed E-state index contributed by atoms with van der Waals surface area (Å²) in [5.41, 5.74) is 0. The van der Waals surface area contributed by atoms with Crippen molar-refractivity contribution in [3.63, 3.8) is 0 Å². The summed E-state index contributed by atoms with van der Waals surface area (Å²) >= 11 is 0. The van der Waals surface area contributed by atoms with Gasteiger partial charge in [0.2, 0.25) is 0 Å². The molecule has 0 aromatic rings. The van der Waals surface area contributed by atoms with Gasteiger partial charge in [0.25, 0.3) is 0 Å². The predicted molar refractivity (Wildman–Crippen MR) is 69.6 cm³/mol. The van der Waals surface area contributed by atoms with Gasteiger partial charge in [0.05, 0.1) is 6.61 Å². The second-order valence-corrected chi connectivity index (χ2v) is 4.88. The van der Waals surface area contributed by atoms with E-state index in [9.17, 15) is 9.59 Å². The predicted octanol–water partition coefficient (Wildman–Crippen LogP) is 2.22. The maximum Gasteiger partial charge on any atom is 0.347 e. The molecule has 0 aromatic carbocycles. The van der Waals surface area contributed by atoms with E-state index in [4.69, 9.17) is 14.2 Å². The summed E-state index contributed by atoms with van der Waals surface area (Å²) in [5.74, 6) is -0.835. The molecule has 0 bridgehead atoms. The molecule has 5 nitrogen and oxygen atoms in total. The van der Waals surface area contributed by atoms with Crippen LogP contribution in [0.5, 0.6) is 0 Å². The Bertz CT molecular complexity index is 286. The molecule has 1 saturated heterocycles. The molecule has 0 spiro atoms. The van der Waals surface area contributed by atoms with Crippen LogP contribution in [0.1, 0.15) is 52.4 Å². The first kappa shape index (κ1) is 16.0. The van der Waals surface area contributed by atoms with Gasteiger partial charge in [0.1, 0.15) is 12.7 Å². The molecule has 2 atom stereocenters. The Morgan fingerprint density at radius 2 is 1.95 bits per heavy atom. The molecule has 0 radical (unpaired) electrons. The van der Waals surface area contributed by atoms with Gasteiger partial charge in [0, 0.05) is 6.42 Å². The number of hydrogen-bond acceptors (Lipinski definition) is 5. The summed E-state index contributed by atoms with van der Waals surface area (Å²) in [4.78, 5) is 23.0. The average molecular weight is 272 g/mol. The van der Waals surface area contributed by atoms with Crippen LogP contribution in [0.2, 0.25) is 0 Å². The third-order valence-electron chi connectivity index (χ3n) is 2.94. The van der Waals surface area contributed by atoms with E-state index in [0.717, 1.165) is 19.3 Å². The van der Waals surface area contributed by atoms with Crippen molar-refractivity contribution in [2.24, 2.45) is 0 Å². The molecule has 1 fully saturated rings. The SMILES string of the molecule is CCCCCCCC(=O)OC(C)C(=O)OCC1CO1. The first-order chi connectivity index (χ1) is 9.13. The van der Waals surface area contributed by atoms with Crippen molar-refractivity contribution < 1.29 is 23.8 Å². The van der Waals surface area contributed by atoms with Crippen LogP contribution < -0.4 is 0 Å². The fraction of sp³-hybridized carbons (Fsp3) is 0.857. The van der Waals surface area contributed by atoms with Crippen molar-refractivity contribution in [1.82, 2.24) is 0 Å². The number of epoxide rings is 1. The lowest BCUT2D eigenvalue weighted by molar-refractivity contribution is -0.166. The maximum atomic E-state index is 11.5. The van der Waals surface area contributed by atoms with Gasteiger partial charge in [0.15, 0.2) is 6.10 Å². The average Bonchev–Trinajstić information content (AvgIpc) is 3.19. The maximum absolute atomic E-state index is 11.5. The molecule has 1 heterocycles. The van der Waals surface area contributed by atoms with E-state index in [2.05, 4.69) is 6.92 Å². The Morgan fingerprint density at radius 1 is 1.26 bits per heavy atom. The molecule has 0 amide bonds. The second-order valence-electron chi connectivity index (χ2n) is 4.88. The highest BCUT2D eigenvalue weighted by Crippen LogP contribution is 2.10. The van der Waals surface area contributed by atoms with E-state index in [0.29, 0.717) is 13.0 Å². The van der Waals surface area contributed by atoms with Gasteiger partial charge >= 0.3 is 11.9 Å². The highest BCUT2D eigenvalue weighted by Gasteiger charge is 2.26. The minimum absolute atomic E-state index is 0.0328. The fourth-order valence-electron chi connectivity index (χ4n) is 1.63. The number of carbonyl (C=O) groups is 2. The molecule has 19 heavy (non-hydrogen) atoms. The molecule has 5 heteroatoms. The highest BCUT2D eigenvalue weighted by molar-refractivity contribution is 5.79. The molecule has 0 saturated carbocycles. The standard InChI is InChI=1S/C14H24O5/c1-3-4-5-6-7-8-13(15)19-11(2)14(16)18-10-12-9-17-12/h11-12H,3-10H2,1-2H3. The number of carbonyl (C=O) groups excluding carboxylic acids is 2. The topological polar surface area (TPSA) is 65.1 Å². The Morgan fingerprint density at radius 3 is 2.58 bits per heavy atom. The molecule has 2 unspecified atom stereocenters. The van der Waals surface area contributed by atoms with E-state index < -0.39 is 12.1 Å². The van der Waals surface area contributed by atoms with E-state index in [1.54, 1.807) is 0 Å². The number of ether oxygens (including phenoxy) is 3. The summed E-state index contributed by atoms with van der Waals surface area (Å²) in [7, 11) is 0. The van der Waals surface area contributed by atoms with Crippen molar-refractivity contribution in [3.8, 4) is 0 Å². The molecule has 1 rings (SSSR count). The van der Waals surface area contributed by atoms with Crippen molar-refractivity contribution in [1.29, 1.82) is 0 Å². The highest BCUT2D eigenvalue weighted by atomic mass is 16.6. The lowest BCUT2D eigenvalue weighted by atomic mass is 10.1. The van der Waals surface area contributed by atoms with E-state index >= 15 is 0 Å². The number of hydrogen-bond donors (Lipinski definition) is 0. The fourth-order valence-corrected chi connectivity index (χ4v) is 1.63. The number of esters is 2. The van der Waals surface area contributed by atoms with Gasteiger partial charge < -0.3 is 14.2 Å². The van der Waals surface area contributed by atoms with E-state index in [1.807, 2.05) is 0 Å². The largest absolute Gasteiger partial charge is 0.460 e. The lowest BCUT2D eigenvalue weighted by Gasteiger charge is -2.12. The molecule has 0 aromatic heterocycles. The summed E-state index contributed by atoms with van der Waals surface area (Å²) in [6, 6.07) is 0. The normalized spacial score (nSPS) is 18.7. The van der Waals surface area contributed by atoms with Gasteiger partial charge in [-0.2, -0.15) is 0 Å². The van der Waals surface area contributed by atoms with E-state index in [1.165, 1.54) is 19.8 Å². The second kappa shape index (κ2) is 8.91. The molecular formula is C14H24O5. The molecule has 1 aliphatic rings. The smallest absolute Gasteiger partial charge is 0.347 e. The molecule has 110 valence electrons. The van der Waals surface area contributed by atoms with E-state index in [-0.39, 0.29) is 18.7 Å². The van der Waals surface area contributed by atoms with Crippen molar-refractivity contribution >= 4 is 11.9 Å². The van der Waals surface area contributed by atoms with Crippen LogP contribution in [0.25, 0.3) is 0 Å². The van der Waals surface area contributed by atoms with Gasteiger partial charge in [-0.15, -0.1) is 0 Å². The summed E-state index contributed by atoms with van der Waals surface area (Å²) in [5, 5.41) is 0. The van der Waals surface area contributed by atoms with Gasteiger partial charge in [-0.1, -0.05) is 32.6 Å². The number of unbranched alkanes of at least 4 members (excludes halogenated alkanes) is 4. The van der Waals surface area contributed by atoms with Crippen molar-refractivity contribution in [2.45, 2.75) is 64.6 Å².